The first-order valence-corrected chi connectivity index (χ1v) is 9.94. The highest BCUT2D eigenvalue weighted by Gasteiger charge is 2.35. The van der Waals surface area contributed by atoms with Gasteiger partial charge in [-0.15, -0.1) is 0 Å². The normalized spacial score (nSPS) is 16.9. The van der Waals surface area contributed by atoms with E-state index in [1.165, 1.54) is 0 Å². The van der Waals surface area contributed by atoms with Gasteiger partial charge in [-0.3, -0.25) is 9.48 Å². The number of halogens is 1. The Morgan fingerprint density at radius 3 is 3.00 bits per heavy atom. The van der Waals surface area contributed by atoms with Crippen molar-refractivity contribution in [3.63, 3.8) is 0 Å². The zero-order valence-corrected chi connectivity index (χ0v) is 16.8. The molecule has 2 aromatic heterocycles. The van der Waals surface area contributed by atoms with Gasteiger partial charge in [0.25, 0.3) is 5.91 Å². The van der Waals surface area contributed by atoms with Crippen LogP contribution in [-0.4, -0.2) is 32.1 Å². The van der Waals surface area contributed by atoms with Gasteiger partial charge < -0.3 is 9.32 Å². The summed E-state index contributed by atoms with van der Waals surface area (Å²) in [6.07, 6.45) is 5.81. The van der Waals surface area contributed by atoms with Crippen molar-refractivity contribution in [2.45, 2.75) is 45.2 Å². The molecule has 0 spiro atoms. The van der Waals surface area contributed by atoms with E-state index in [-0.39, 0.29) is 18.0 Å². The lowest BCUT2D eigenvalue weighted by Gasteiger charge is -2.23. The number of aromatic nitrogens is 3. The second kappa shape index (κ2) is 7.80. The Bertz CT molecular complexity index is 978. The average molecular weight is 399 g/mol. The van der Waals surface area contributed by atoms with E-state index in [0.717, 1.165) is 24.2 Å². The van der Waals surface area contributed by atoms with Crippen LogP contribution in [0.4, 0.5) is 0 Å². The molecular formula is C21H23ClN4O2. The van der Waals surface area contributed by atoms with Gasteiger partial charge in [-0.2, -0.15) is 5.10 Å². The first-order chi connectivity index (χ1) is 13.5. The van der Waals surface area contributed by atoms with Crippen molar-refractivity contribution in [1.29, 1.82) is 0 Å². The second-order valence-electron chi connectivity index (χ2n) is 7.38. The number of rotatable bonds is 5. The molecule has 0 radical (unpaired) electrons. The van der Waals surface area contributed by atoms with Crippen LogP contribution in [-0.2, 0) is 6.42 Å². The molecular weight excluding hydrogens is 376 g/mol. The van der Waals surface area contributed by atoms with Gasteiger partial charge in [0.2, 0.25) is 5.89 Å². The van der Waals surface area contributed by atoms with Crippen molar-refractivity contribution in [1.82, 2.24) is 19.7 Å². The molecule has 0 N–H and O–H groups in total. The summed E-state index contributed by atoms with van der Waals surface area (Å²) >= 11 is 6.06. The Labute approximate surface area is 169 Å². The molecule has 1 aliphatic heterocycles. The molecule has 1 amide bonds. The molecule has 6 nitrogen and oxygen atoms in total. The Balaban J connectivity index is 1.53. The number of nitrogens with zero attached hydrogens (tertiary/aromatic N) is 4. The molecule has 1 atom stereocenters. The van der Waals surface area contributed by atoms with Crippen molar-refractivity contribution in [2.75, 3.05) is 6.54 Å². The zero-order chi connectivity index (χ0) is 19.7. The van der Waals surface area contributed by atoms with Crippen molar-refractivity contribution in [3.8, 4) is 0 Å². The number of oxazole rings is 1. The molecule has 1 saturated heterocycles. The van der Waals surface area contributed by atoms with E-state index in [4.69, 9.17) is 16.0 Å². The summed E-state index contributed by atoms with van der Waals surface area (Å²) in [5.74, 6) is 1.34. The van der Waals surface area contributed by atoms with Crippen molar-refractivity contribution in [2.24, 2.45) is 0 Å². The zero-order valence-electron chi connectivity index (χ0n) is 16.0. The molecule has 0 bridgehead atoms. The minimum atomic E-state index is -0.142. The van der Waals surface area contributed by atoms with Crippen molar-refractivity contribution in [3.05, 3.63) is 70.7 Å². The van der Waals surface area contributed by atoms with Gasteiger partial charge in [0, 0.05) is 30.2 Å². The van der Waals surface area contributed by atoms with Gasteiger partial charge in [0.1, 0.15) is 17.5 Å². The second-order valence-corrected chi connectivity index (χ2v) is 7.82. The van der Waals surface area contributed by atoms with Crippen LogP contribution >= 0.6 is 11.6 Å². The van der Waals surface area contributed by atoms with Crippen LogP contribution in [0.2, 0.25) is 5.02 Å². The summed E-state index contributed by atoms with van der Waals surface area (Å²) in [7, 11) is 0. The third-order valence-corrected chi connectivity index (χ3v) is 5.25. The SMILES string of the molecule is CC(C)n1nccc1C(=O)N1CCC[C@@H]1c1ncc(Cc2cccc(Cl)c2)o1. The van der Waals surface area contributed by atoms with E-state index < -0.39 is 0 Å². The smallest absolute Gasteiger partial charge is 0.272 e. The number of amides is 1. The highest BCUT2D eigenvalue weighted by molar-refractivity contribution is 6.30. The lowest BCUT2D eigenvalue weighted by Crippen LogP contribution is -2.32. The van der Waals surface area contributed by atoms with Gasteiger partial charge in [-0.25, -0.2) is 4.98 Å². The number of likely N-dealkylation sites (tertiary alicyclic amines) is 1. The molecule has 1 aliphatic rings. The fraction of sp³-hybridized carbons (Fsp3) is 0.381. The number of hydrogen-bond donors (Lipinski definition) is 0. The number of hydrogen-bond acceptors (Lipinski definition) is 4. The minimum Gasteiger partial charge on any atom is -0.443 e. The molecule has 4 rings (SSSR count). The third-order valence-electron chi connectivity index (χ3n) is 5.02. The fourth-order valence-corrected chi connectivity index (χ4v) is 3.93. The summed E-state index contributed by atoms with van der Waals surface area (Å²) in [5.41, 5.74) is 1.67. The van der Waals surface area contributed by atoms with Crippen LogP contribution in [0.3, 0.4) is 0 Å². The Hall–Kier alpha value is -2.60. The lowest BCUT2D eigenvalue weighted by molar-refractivity contribution is 0.0700. The Kier molecular flexibility index (Phi) is 5.22. The van der Waals surface area contributed by atoms with Crippen molar-refractivity contribution >= 4 is 17.5 Å². The van der Waals surface area contributed by atoms with Gasteiger partial charge in [-0.1, -0.05) is 23.7 Å². The molecule has 7 heteroatoms. The van der Waals surface area contributed by atoms with Crippen LogP contribution in [0.5, 0.6) is 0 Å². The Morgan fingerprint density at radius 2 is 2.21 bits per heavy atom. The highest BCUT2D eigenvalue weighted by Crippen LogP contribution is 2.33. The third kappa shape index (κ3) is 3.69. The standard InChI is InChI=1S/C21H23ClN4O2/c1-14(2)26-19(8-9-24-26)21(27)25-10-4-7-18(25)20-23-13-17(28-20)12-15-5-3-6-16(22)11-15/h3,5-6,8-9,11,13-14,18H,4,7,10,12H2,1-2H3/t18-/m1/s1. The lowest BCUT2D eigenvalue weighted by atomic mass is 10.1. The molecule has 0 saturated carbocycles. The highest BCUT2D eigenvalue weighted by atomic mass is 35.5. The number of carbonyl (C=O) groups excluding carboxylic acids is 1. The van der Waals surface area contributed by atoms with E-state index >= 15 is 0 Å². The predicted octanol–water partition coefficient (Wildman–Crippen LogP) is 4.67. The predicted molar refractivity (Wildman–Crippen MR) is 106 cm³/mol. The van der Waals surface area contributed by atoms with Gasteiger partial charge in [0.15, 0.2) is 0 Å². The molecule has 1 fully saturated rings. The van der Waals surface area contributed by atoms with E-state index in [2.05, 4.69) is 10.1 Å². The summed E-state index contributed by atoms with van der Waals surface area (Å²) in [5, 5.41) is 4.98. The molecule has 1 aromatic carbocycles. The molecule has 3 heterocycles. The van der Waals surface area contributed by atoms with Crippen LogP contribution in [0.15, 0.2) is 47.1 Å². The maximum absolute atomic E-state index is 13.1. The minimum absolute atomic E-state index is 0.0247. The van der Waals surface area contributed by atoms with Crippen LogP contribution < -0.4 is 0 Å². The number of carbonyl (C=O) groups is 1. The first-order valence-electron chi connectivity index (χ1n) is 9.56. The first kappa shape index (κ1) is 18.7. The summed E-state index contributed by atoms with van der Waals surface area (Å²) in [6, 6.07) is 9.45. The van der Waals surface area contributed by atoms with Gasteiger partial charge >= 0.3 is 0 Å². The van der Waals surface area contributed by atoms with E-state index in [1.54, 1.807) is 23.1 Å². The molecule has 0 aliphatic carbocycles. The molecule has 0 unspecified atom stereocenters. The quantitative estimate of drug-likeness (QED) is 0.626. The van der Waals surface area contributed by atoms with Crippen LogP contribution in [0, 0.1) is 0 Å². The topological polar surface area (TPSA) is 64.2 Å². The number of benzene rings is 1. The monoisotopic (exact) mass is 398 g/mol. The van der Waals surface area contributed by atoms with Crippen LogP contribution in [0.1, 0.15) is 66.5 Å². The molecule has 28 heavy (non-hydrogen) atoms. The van der Waals surface area contributed by atoms with Gasteiger partial charge in [0.05, 0.1) is 6.20 Å². The summed E-state index contributed by atoms with van der Waals surface area (Å²) < 4.78 is 7.78. The molecule has 3 aromatic rings. The largest absolute Gasteiger partial charge is 0.443 e. The fourth-order valence-electron chi connectivity index (χ4n) is 3.72. The average Bonchev–Trinajstić information content (AvgIpc) is 3.41. The van der Waals surface area contributed by atoms with E-state index in [0.29, 0.717) is 29.6 Å². The Morgan fingerprint density at radius 1 is 1.36 bits per heavy atom. The van der Waals surface area contributed by atoms with Gasteiger partial charge in [-0.05, 0) is 50.5 Å². The van der Waals surface area contributed by atoms with Crippen LogP contribution in [0.25, 0.3) is 0 Å². The maximum Gasteiger partial charge on any atom is 0.272 e. The van der Waals surface area contributed by atoms with Crippen molar-refractivity contribution < 1.29 is 9.21 Å². The van der Waals surface area contributed by atoms with E-state index in [9.17, 15) is 4.79 Å². The summed E-state index contributed by atoms with van der Waals surface area (Å²) in [4.78, 5) is 19.5. The molecule has 146 valence electrons. The summed E-state index contributed by atoms with van der Waals surface area (Å²) in [6.45, 7) is 4.72. The maximum atomic E-state index is 13.1. The van der Waals surface area contributed by atoms with E-state index in [1.807, 2.05) is 43.0 Å².